The fourth-order valence-electron chi connectivity index (χ4n) is 2.88. The molecule has 1 amide bonds. The maximum Gasteiger partial charge on any atom is 0.251 e. The van der Waals surface area contributed by atoms with Crippen molar-refractivity contribution >= 4 is 52.0 Å². The lowest BCUT2D eigenvalue weighted by molar-refractivity contribution is 0.0953. The number of rotatable bonds is 4. The van der Waals surface area contributed by atoms with Crippen LogP contribution in [0.2, 0.25) is 4.34 Å². The first kappa shape index (κ1) is 22.5. The second kappa shape index (κ2) is 10.2. The molecule has 0 saturated carbocycles. The lowest BCUT2D eigenvalue weighted by atomic mass is 10.1. The van der Waals surface area contributed by atoms with E-state index in [1.54, 1.807) is 18.2 Å². The summed E-state index contributed by atoms with van der Waals surface area (Å²) in [5.74, 6) is -0.424. The number of hydrogen-bond donors (Lipinski definition) is 1. The highest BCUT2D eigenvalue weighted by Gasteiger charge is 2.21. The Morgan fingerprint density at radius 1 is 1.10 bits per heavy atom. The Morgan fingerprint density at radius 2 is 1.90 bits per heavy atom. The first-order valence-corrected chi connectivity index (χ1v) is 11.8. The van der Waals surface area contributed by atoms with E-state index in [4.69, 9.17) is 16.6 Å². The molecule has 2 aromatic carbocycles. The zero-order valence-electron chi connectivity index (χ0n) is 17.0. The van der Waals surface area contributed by atoms with Gasteiger partial charge in [-0.1, -0.05) is 44.1 Å². The van der Waals surface area contributed by atoms with E-state index < -0.39 is 0 Å². The van der Waals surface area contributed by atoms with Gasteiger partial charge in [0.15, 0.2) is 0 Å². The topological polar surface area (TPSA) is 41.5 Å². The molecule has 7 heteroatoms. The minimum Gasteiger partial charge on any atom is -0.352 e. The summed E-state index contributed by atoms with van der Waals surface area (Å²) in [5.41, 5.74) is 2.81. The third kappa shape index (κ3) is 4.94. The van der Waals surface area contributed by atoms with Crippen LogP contribution in [0, 0.1) is 5.82 Å². The van der Waals surface area contributed by atoms with Crippen molar-refractivity contribution in [2.75, 3.05) is 6.54 Å². The monoisotopic (exact) mass is 460 g/mol. The van der Waals surface area contributed by atoms with Crippen LogP contribution in [0.3, 0.4) is 0 Å². The summed E-state index contributed by atoms with van der Waals surface area (Å²) in [6.07, 6.45) is 0.870. The summed E-state index contributed by atoms with van der Waals surface area (Å²) in [6.45, 7) is 6.63. The smallest absolute Gasteiger partial charge is 0.251 e. The van der Waals surface area contributed by atoms with Crippen molar-refractivity contribution in [2.45, 2.75) is 37.0 Å². The van der Waals surface area contributed by atoms with E-state index >= 15 is 0 Å². The highest BCUT2D eigenvalue weighted by atomic mass is 35.5. The number of carbonyl (C=O) groups excluding carboxylic acids is 1. The third-order valence-corrected chi connectivity index (χ3v) is 6.57. The van der Waals surface area contributed by atoms with Crippen LogP contribution in [-0.2, 0) is 0 Å². The Hall–Kier alpha value is -2.15. The van der Waals surface area contributed by atoms with Crippen molar-refractivity contribution in [3.63, 3.8) is 0 Å². The van der Waals surface area contributed by atoms with Crippen molar-refractivity contribution in [3.8, 4) is 0 Å². The Balaban J connectivity index is 0.00000124. The van der Waals surface area contributed by atoms with Crippen LogP contribution in [0.5, 0.6) is 0 Å². The Bertz CT molecular complexity index is 1090. The molecule has 3 aromatic rings. The van der Waals surface area contributed by atoms with Crippen LogP contribution in [0.25, 0.3) is 0 Å². The molecule has 30 heavy (non-hydrogen) atoms. The van der Waals surface area contributed by atoms with Gasteiger partial charge in [0.1, 0.15) is 5.82 Å². The molecule has 0 bridgehead atoms. The minimum absolute atomic E-state index is 0.127. The normalized spacial score (nSPS) is 12.0. The maximum absolute atomic E-state index is 13.9. The fraction of sp³-hybridized carbons (Fsp3) is 0.217. The highest BCUT2D eigenvalue weighted by molar-refractivity contribution is 7.99. The van der Waals surface area contributed by atoms with Gasteiger partial charge in [-0.25, -0.2) is 9.38 Å². The Kier molecular flexibility index (Phi) is 7.69. The SMILES string of the molecule is CC.CCCNC(=O)c1ccc2c(c1)N=C(c1ccc(Cl)s1)c1ccc(F)cc1S2. The van der Waals surface area contributed by atoms with E-state index in [9.17, 15) is 9.18 Å². The summed E-state index contributed by atoms with van der Waals surface area (Å²) in [4.78, 5) is 19.8. The molecule has 1 aromatic heterocycles. The number of benzene rings is 2. The molecule has 1 aliphatic rings. The number of thiophene rings is 1. The molecule has 1 N–H and O–H groups in total. The molecule has 0 fully saturated rings. The van der Waals surface area contributed by atoms with Gasteiger partial charge in [-0.2, -0.15) is 0 Å². The van der Waals surface area contributed by atoms with Crippen molar-refractivity contribution < 1.29 is 9.18 Å². The van der Waals surface area contributed by atoms with Crippen LogP contribution < -0.4 is 5.32 Å². The number of aliphatic imine (C=N–C) groups is 1. The Morgan fingerprint density at radius 3 is 2.60 bits per heavy atom. The van der Waals surface area contributed by atoms with Crippen molar-refractivity contribution in [3.05, 3.63) is 74.7 Å². The van der Waals surface area contributed by atoms with Gasteiger partial charge in [-0.05, 0) is 55.0 Å². The molecule has 4 rings (SSSR count). The predicted molar refractivity (Wildman–Crippen MR) is 126 cm³/mol. The zero-order chi connectivity index (χ0) is 21.7. The number of carbonyl (C=O) groups is 1. The number of halogens is 2. The summed E-state index contributed by atoms with van der Waals surface area (Å²) in [6, 6.07) is 13.8. The van der Waals surface area contributed by atoms with E-state index in [1.807, 2.05) is 39.0 Å². The van der Waals surface area contributed by atoms with Crippen LogP contribution in [0.1, 0.15) is 48.0 Å². The summed E-state index contributed by atoms with van der Waals surface area (Å²) in [7, 11) is 0. The lowest BCUT2D eigenvalue weighted by Gasteiger charge is -2.08. The highest BCUT2D eigenvalue weighted by Crippen LogP contribution is 2.42. The van der Waals surface area contributed by atoms with Crippen LogP contribution >= 0.6 is 34.7 Å². The largest absolute Gasteiger partial charge is 0.352 e. The fourth-order valence-corrected chi connectivity index (χ4v) is 4.95. The number of amides is 1. The van der Waals surface area contributed by atoms with E-state index in [1.165, 1.54) is 35.2 Å². The van der Waals surface area contributed by atoms with Gasteiger partial charge in [0.2, 0.25) is 0 Å². The van der Waals surface area contributed by atoms with Gasteiger partial charge >= 0.3 is 0 Å². The summed E-state index contributed by atoms with van der Waals surface area (Å²) in [5, 5.41) is 2.88. The minimum atomic E-state index is -0.297. The number of nitrogens with one attached hydrogen (secondary N) is 1. The van der Waals surface area contributed by atoms with Crippen molar-refractivity contribution in [2.24, 2.45) is 4.99 Å². The second-order valence-electron chi connectivity index (χ2n) is 6.25. The van der Waals surface area contributed by atoms with E-state index in [0.717, 1.165) is 32.4 Å². The van der Waals surface area contributed by atoms with Crippen LogP contribution in [-0.4, -0.2) is 18.2 Å². The molecule has 1 aliphatic heterocycles. The average molecular weight is 461 g/mol. The molecule has 2 heterocycles. The molecule has 156 valence electrons. The number of fused-ring (bicyclic) bond motifs is 2. The lowest BCUT2D eigenvalue weighted by Crippen LogP contribution is -2.23. The van der Waals surface area contributed by atoms with E-state index in [0.29, 0.717) is 22.1 Å². The average Bonchev–Trinajstić information content (AvgIpc) is 3.12. The quantitative estimate of drug-likeness (QED) is 0.346. The van der Waals surface area contributed by atoms with Gasteiger partial charge in [0.25, 0.3) is 5.91 Å². The van der Waals surface area contributed by atoms with Gasteiger partial charge in [-0.3, -0.25) is 4.79 Å². The molecule has 0 unspecified atom stereocenters. The summed E-state index contributed by atoms with van der Waals surface area (Å²) >= 11 is 9.00. The molecule has 0 radical (unpaired) electrons. The molecule has 0 atom stereocenters. The standard InChI is InChI=1S/C21H16ClFN2OS2.C2H6/c1-2-9-24-21(26)12-3-6-16-15(10-12)25-20(17-7-8-19(22)28-17)14-5-4-13(23)11-18(14)27-16;1-2/h3-8,10-11H,2,9H2,1H3,(H,24,26);1-2H3. The van der Waals surface area contributed by atoms with Crippen molar-refractivity contribution in [1.29, 1.82) is 0 Å². The van der Waals surface area contributed by atoms with Crippen LogP contribution in [0.4, 0.5) is 10.1 Å². The van der Waals surface area contributed by atoms with Gasteiger partial charge in [-0.15, -0.1) is 11.3 Å². The maximum atomic E-state index is 13.9. The van der Waals surface area contributed by atoms with Crippen molar-refractivity contribution in [1.82, 2.24) is 5.32 Å². The predicted octanol–water partition coefficient (Wildman–Crippen LogP) is 7.34. The van der Waals surface area contributed by atoms with Gasteiger partial charge < -0.3 is 5.32 Å². The molecule has 0 saturated heterocycles. The van der Waals surface area contributed by atoms with Gasteiger partial charge in [0.05, 0.1) is 20.6 Å². The number of hydrogen-bond acceptors (Lipinski definition) is 4. The first-order chi connectivity index (χ1) is 14.5. The van der Waals surface area contributed by atoms with Gasteiger partial charge in [0, 0.05) is 27.5 Å². The Labute approximate surface area is 189 Å². The second-order valence-corrected chi connectivity index (χ2v) is 9.04. The molecule has 0 aliphatic carbocycles. The third-order valence-electron chi connectivity index (χ3n) is 4.21. The molecular weight excluding hydrogens is 439 g/mol. The van der Waals surface area contributed by atoms with E-state index in [-0.39, 0.29) is 11.7 Å². The molecular formula is C23H22ClFN2OS2. The van der Waals surface area contributed by atoms with Crippen LogP contribution in [0.15, 0.2) is 63.3 Å². The summed E-state index contributed by atoms with van der Waals surface area (Å²) < 4.78 is 14.6. The number of nitrogens with zero attached hydrogens (tertiary/aromatic N) is 1. The zero-order valence-corrected chi connectivity index (χ0v) is 19.3. The van der Waals surface area contributed by atoms with E-state index in [2.05, 4.69) is 5.32 Å². The first-order valence-electron chi connectivity index (χ1n) is 9.79. The molecule has 0 spiro atoms. The molecule has 3 nitrogen and oxygen atoms in total.